The van der Waals surface area contributed by atoms with Crippen LogP contribution in [0, 0.1) is 0 Å². The molecule has 31 heavy (non-hydrogen) atoms. The zero-order chi connectivity index (χ0) is 21.8. The molecule has 6 nitrogen and oxygen atoms in total. The second kappa shape index (κ2) is 9.28. The standard InChI is InChI=1S/C23H23F2N5O/c24-23(25)18-11-15(20-8-3-6-16(28-20)5-1-2-10-26)12-21-19(18)13-27-30(21)22-9-4-7-17(14-31)29-22/h3-4,6-9,11-13,23,31H,1-2,5,10,14,26H2. The number of unbranched alkanes of at least 4 members (excludes halogenated alkanes) is 1. The van der Waals surface area contributed by atoms with Crippen molar-refractivity contribution in [3.05, 3.63) is 71.7 Å². The Morgan fingerprint density at radius 3 is 2.58 bits per heavy atom. The molecule has 1 aromatic carbocycles. The molecular weight excluding hydrogens is 400 g/mol. The Labute approximate surface area is 178 Å². The van der Waals surface area contributed by atoms with Crippen molar-refractivity contribution in [3.8, 4) is 17.1 Å². The molecule has 160 valence electrons. The van der Waals surface area contributed by atoms with Crippen molar-refractivity contribution < 1.29 is 13.9 Å². The van der Waals surface area contributed by atoms with Gasteiger partial charge in [0.15, 0.2) is 5.82 Å². The molecule has 8 heteroatoms. The summed E-state index contributed by atoms with van der Waals surface area (Å²) in [7, 11) is 0. The molecular formula is C23H23F2N5O. The van der Waals surface area contributed by atoms with E-state index in [2.05, 4.69) is 15.1 Å². The Hall–Kier alpha value is -3.23. The molecule has 0 aliphatic rings. The molecule has 0 radical (unpaired) electrons. The highest BCUT2D eigenvalue weighted by molar-refractivity contribution is 5.88. The summed E-state index contributed by atoms with van der Waals surface area (Å²) in [5.74, 6) is 0.447. The summed E-state index contributed by atoms with van der Waals surface area (Å²) in [6.45, 7) is 0.408. The second-order valence-corrected chi connectivity index (χ2v) is 7.26. The maximum atomic E-state index is 13.9. The first kappa shape index (κ1) is 21.0. The first-order valence-electron chi connectivity index (χ1n) is 10.1. The predicted octanol–water partition coefficient (Wildman–Crippen LogP) is 4.19. The predicted molar refractivity (Wildman–Crippen MR) is 115 cm³/mol. The number of pyridine rings is 2. The van der Waals surface area contributed by atoms with Crippen LogP contribution in [0.4, 0.5) is 8.78 Å². The number of hydrogen-bond donors (Lipinski definition) is 2. The van der Waals surface area contributed by atoms with E-state index in [1.165, 1.54) is 16.9 Å². The van der Waals surface area contributed by atoms with Gasteiger partial charge in [-0.05, 0) is 62.2 Å². The van der Waals surface area contributed by atoms with Crippen LogP contribution in [0.1, 0.15) is 36.2 Å². The summed E-state index contributed by atoms with van der Waals surface area (Å²) in [4.78, 5) is 9.03. The van der Waals surface area contributed by atoms with E-state index in [1.807, 2.05) is 18.2 Å². The minimum Gasteiger partial charge on any atom is -0.390 e. The van der Waals surface area contributed by atoms with E-state index in [0.717, 1.165) is 25.0 Å². The Morgan fingerprint density at radius 1 is 1.00 bits per heavy atom. The summed E-state index contributed by atoms with van der Waals surface area (Å²) in [6, 6.07) is 14.1. The quantitative estimate of drug-likeness (QED) is 0.415. The molecule has 0 amide bonds. The van der Waals surface area contributed by atoms with E-state index in [4.69, 9.17) is 5.73 Å². The van der Waals surface area contributed by atoms with Crippen molar-refractivity contribution in [2.45, 2.75) is 32.3 Å². The molecule has 3 aromatic heterocycles. The number of rotatable bonds is 8. The Balaban J connectivity index is 1.82. The number of nitrogens with zero attached hydrogens (tertiary/aromatic N) is 4. The molecule has 4 aromatic rings. The molecule has 0 aliphatic carbocycles. The minimum absolute atomic E-state index is 0.104. The summed E-state index contributed by atoms with van der Waals surface area (Å²) >= 11 is 0. The number of hydrogen-bond acceptors (Lipinski definition) is 5. The number of aromatic nitrogens is 4. The van der Waals surface area contributed by atoms with E-state index in [0.29, 0.717) is 40.2 Å². The van der Waals surface area contributed by atoms with Gasteiger partial charge in [-0.15, -0.1) is 0 Å². The van der Waals surface area contributed by atoms with Gasteiger partial charge in [-0.2, -0.15) is 5.10 Å². The zero-order valence-electron chi connectivity index (χ0n) is 16.9. The fraction of sp³-hybridized carbons (Fsp3) is 0.261. The third-order valence-electron chi connectivity index (χ3n) is 5.12. The Morgan fingerprint density at radius 2 is 1.81 bits per heavy atom. The van der Waals surface area contributed by atoms with Gasteiger partial charge in [0.25, 0.3) is 6.43 Å². The monoisotopic (exact) mass is 423 g/mol. The Bertz CT molecular complexity index is 1190. The topological polar surface area (TPSA) is 89.8 Å². The van der Waals surface area contributed by atoms with E-state index in [1.54, 1.807) is 24.3 Å². The summed E-state index contributed by atoms with van der Waals surface area (Å²) in [6.07, 6.45) is 1.38. The molecule has 4 rings (SSSR count). The lowest BCUT2D eigenvalue weighted by Gasteiger charge is -2.10. The van der Waals surface area contributed by atoms with E-state index in [9.17, 15) is 13.9 Å². The molecule has 0 saturated heterocycles. The minimum atomic E-state index is -2.66. The third-order valence-corrected chi connectivity index (χ3v) is 5.12. The lowest BCUT2D eigenvalue weighted by molar-refractivity contribution is 0.153. The molecule has 0 fully saturated rings. The highest BCUT2D eigenvalue weighted by Crippen LogP contribution is 2.33. The van der Waals surface area contributed by atoms with Crippen LogP contribution in [0.5, 0.6) is 0 Å². The van der Waals surface area contributed by atoms with Crippen LogP contribution in [0.15, 0.2) is 54.7 Å². The maximum Gasteiger partial charge on any atom is 0.264 e. The molecule has 3 N–H and O–H groups in total. The highest BCUT2D eigenvalue weighted by Gasteiger charge is 2.19. The zero-order valence-corrected chi connectivity index (χ0v) is 16.9. The van der Waals surface area contributed by atoms with Gasteiger partial charge in [0, 0.05) is 22.2 Å². The molecule has 0 atom stereocenters. The van der Waals surface area contributed by atoms with Crippen molar-refractivity contribution >= 4 is 10.9 Å². The van der Waals surface area contributed by atoms with E-state index < -0.39 is 6.43 Å². The smallest absolute Gasteiger partial charge is 0.264 e. The maximum absolute atomic E-state index is 13.9. The number of aliphatic hydroxyl groups is 1. The Kier molecular flexibility index (Phi) is 6.29. The fourth-order valence-electron chi connectivity index (χ4n) is 3.57. The molecule has 0 spiro atoms. The summed E-state index contributed by atoms with van der Waals surface area (Å²) < 4.78 is 29.3. The van der Waals surface area contributed by atoms with Gasteiger partial charge in [-0.3, -0.25) is 4.98 Å². The van der Waals surface area contributed by atoms with Crippen LogP contribution in [-0.4, -0.2) is 31.4 Å². The number of alkyl halides is 2. The van der Waals surface area contributed by atoms with E-state index in [-0.39, 0.29) is 12.2 Å². The van der Waals surface area contributed by atoms with Gasteiger partial charge in [0.1, 0.15) is 0 Å². The van der Waals surface area contributed by atoms with Crippen LogP contribution in [0.2, 0.25) is 0 Å². The highest BCUT2D eigenvalue weighted by atomic mass is 19.3. The van der Waals surface area contributed by atoms with Crippen molar-refractivity contribution in [1.29, 1.82) is 0 Å². The molecule has 0 unspecified atom stereocenters. The molecule has 0 saturated carbocycles. The van der Waals surface area contributed by atoms with Gasteiger partial charge in [0.2, 0.25) is 0 Å². The van der Waals surface area contributed by atoms with Gasteiger partial charge in [0.05, 0.1) is 29.7 Å². The normalized spacial score (nSPS) is 11.5. The van der Waals surface area contributed by atoms with Crippen LogP contribution >= 0.6 is 0 Å². The molecule has 0 aliphatic heterocycles. The van der Waals surface area contributed by atoms with Gasteiger partial charge in [-0.25, -0.2) is 18.4 Å². The summed E-state index contributed by atoms with van der Waals surface area (Å²) in [5, 5.41) is 14.0. The fourth-order valence-corrected chi connectivity index (χ4v) is 3.57. The number of aliphatic hydroxyl groups excluding tert-OH is 1. The number of halogens is 2. The van der Waals surface area contributed by atoms with E-state index >= 15 is 0 Å². The third kappa shape index (κ3) is 4.45. The largest absolute Gasteiger partial charge is 0.390 e. The van der Waals surface area contributed by atoms with Crippen molar-refractivity contribution in [2.24, 2.45) is 5.73 Å². The average Bonchev–Trinajstić information content (AvgIpc) is 3.23. The van der Waals surface area contributed by atoms with Crippen molar-refractivity contribution in [1.82, 2.24) is 19.7 Å². The second-order valence-electron chi connectivity index (χ2n) is 7.26. The average molecular weight is 423 g/mol. The first-order chi connectivity index (χ1) is 15.1. The number of nitrogens with two attached hydrogens (primary N) is 1. The molecule has 3 heterocycles. The van der Waals surface area contributed by atoms with Crippen LogP contribution in [0.25, 0.3) is 28.0 Å². The first-order valence-corrected chi connectivity index (χ1v) is 10.1. The summed E-state index contributed by atoms with van der Waals surface area (Å²) in [5.41, 5.74) is 8.54. The van der Waals surface area contributed by atoms with Crippen LogP contribution < -0.4 is 5.73 Å². The number of aryl methyl sites for hydroxylation is 1. The van der Waals surface area contributed by atoms with Gasteiger partial charge < -0.3 is 10.8 Å². The molecule has 0 bridgehead atoms. The van der Waals surface area contributed by atoms with Crippen molar-refractivity contribution in [3.63, 3.8) is 0 Å². The van der Waals surface area contributed by atoms with Crippen LogP contribution in [-0.2, 0) is 13.0 Å². The van der Waals surface area contributed by atoms with Crippen molar-refractivity contribution in [2.75, 3.05) is 6.54 Å². The number of benzene rings is 1. The SMILES string of the molecule is NCCCCc1cccc(-c2cc(C(F)F)c3cnn(-c4cccc(CO)n4)c3c2)n1. The number of fused-ring (bicyclic) bond motifs is 1. The van der Waals surface area contributed by atoms with Crippen LogP contribution in [0.3, 0.4) is 0 Å². The van der Waals surface area contributed by atoms with Gasteiger partial charge >= 0.3 is 0 Å². The van der Waals surface area contributed by atoms with Gasteiger partial charge in [-0.1, -0.05) is 12.1 Å². The lowest BCUT2D eigenvalue weighted by Crippen LogP contribution is -2.02. The lowest BCUT2D eigenvalue weighted by atomic mass is 10.0.